The molecule has 0 saturated heterocycles. The van der Waals surface area contributed by atoms with Gasteiger partial charge in [0.05, 0.1) is 0 Å². The molecule has 0 aromatic heterocycles. The number of carbonyl (C=O) groups is 3. The molecule has 0 amide bonds. The Morgan fingerprint density at radius 3 is 0.792 bits per heavy atom. The molecule has 1 unspecified atom stereocenters. The normalized spacial score (nSPS) is 12.4. The van der Waals surface area contributed by atoms with Crippen LogP contribution in [0, 0.1) is 11.8 Å². The topological polar surface area (TPSA) is 78.9 Å². The molecule has 0 N–H and O–H groups in total. The van der Waals surface area contributed by atoms with Gasteiger partial charge in [0.25, 0.3) is 0 Å². The molecule has 0 aliphatic rings. The second-order valence-corrected chi connectivity index (χ2v) is 23.5. The van der Waals surface area contributed by atoms with Crippen LogP contribution in [0.25, 0.3) is 0 Å². The van der Waals surface area contributed by atoms with Crippen LogP contribution in [0.4, 0.5) is 0 Å². The lowest BCUT2D eigenvalue weighted by Gasteiger charge is -2.18. The number of unbranched alkanes of at least 4 members (excludes halogenated alkanes) is 44. The SMILES string of the molecule is CCCCCCCCCCCCCCCCCC(=O)OC[C@@H](COC(=O)CCCCCCCCCCCCCCCCCCCCC(C)C)OC(=O)CCCCCCCCCCCCCCCCC(C)CC. The lowest BCUT2D eigenvalue weighted by atomic mass is 9.99. The third-order valence-corrected chi connectivity index (χ3v) is 15.6. The van der Waals surface area contributed by atoms with Gasteiger partial charge in [0, 0.05) is 19.3 Å². The lowest BCUT2D eigenvalue weighted by molar-refractivity contribution is -0.167. The van der Waals surface area contributed by atoms with Crippen molar-refractivity contribution in [2.45, 2.75) is 381 Å². The monoisotopic (exact) mass is 1020 g/mol. The van der Waals surface area contributed by atoms with E-state index < -0.39 is 6.10 Å². The van der Waals surface area contributed by atoms with Crippen molar-refractivity contribution in [1.82, 2.24) is 0 Å². The minimum atomic E-state index is -0.764. The van der Waals surface area contributed by atoms with Crippen molar-refractivity contribution in [2.24, 2.45) is 11.8 Å². The molecule has 0 rings (SSSR count). The molecule has 0 aliphatic carbocycles. The Hall–Kier alpha value is -1.59. The highest BCUT2D eigenvalue weighted by Gasteiger charge is 2.19. The molecule has 428 valence electrons. The number of carbonyl (C=O) groups excluding carboxylic acids is 3. The molecule has 72 heavy (non-hydrogen) atoms. The van der Waals surface area contributed by atoms with Crippen molar-refractivity contribution >= 4 is 17.9 Å². The Labute approximate surface area is 450 Å². The summed E-state index contributed by atoms with van der Waals surface area (Å²) in [6, 6.07) is 0. The maximum absolute atomic E-state index is 12.9. The van der Waals surface area contributed by atoms with Crippen LogP contribution in [0.1, 0.15) is 375 Å². The number of esters is 3. The largest absolute Gasteiger partial charge is 0.462 e. The molecule has 0 aliphatic heterocycles. The smallest absolute Gasteiger partial charge is 0.306 e. The Balaban J connectivity index is 4.27. The van der Waals surface area contributed by atoms with Crippen LogP contribution in [0.2, 0.25) is 0 Å². The highest BCUT2D eigenvalue weighted by atomic mass is 16.6. The zero-order valence-corrected chi connectivity index (χ0v) is 49.6. The Morgan fingerprint density at radius 1 is 0.292 bits per heavy atom. The molecule has 0 spiro atoms. The standard InChI is InChI=1S/C66H128O6/c1-6-8-9-10-11-12-13-14-19-26-31-36-41-46-51-56-64(67)70-59-63(72-66(69)58-53-48-43-38-33-28-23-22-25-30-35-40-45-50-55-62(5)7-2)60-71-65(68)57-52-47-42-37-32-27-21-18-16-15-17-20-24-29-34-39-44-49-54-61(3)4/h61-63H,6-60H2,1-5H3/t62?,63-/m0/s1. The second-order valence-electron chi connectivity index (χ2n) is 23.5. The fraction of sp³-hybridized carbons (Fsp3) is 0.955. The van der Waals surface area contributed by atoms with E-state index in [0.29, 0.717) is 19.3 Å². The molecule has 0 aromatic carbocycles. The van der Waals surface area contributed by atoms with E-state index in [0.717, 1.165) is 69.6 Å². The predicted octanol–water partition coefficient (Wildman–Crippen LogP) is 22.0. The van der Waals surface area contributed by atoms with Crippen molar-refractivity contribution in [3.63, 3.8) is 0 Å². The maximum atomic E-state index is 12.9. The molecule has 2 atom stereocenters. The lowest BCUT2D eigenvalue weighted by Crippen LogP contribution is -2.30. The number of rotatable bonds is 60. The summed E-state index contributed by atoms with van der Waals surface area (Å²) in [6.45, 7) is 11.5. The number of ether oxygens (including phenoxy) is 3. The predicted molar refractivity (Wildman–Crippen MR) is 312 cm³/mol. The average molecular weight is 1020 g/mol. The van der Waals surface area contributed by atoms with E-state index in [1.54, 1.807) is 0 Å². The zero-order chi connectivity index (χ0) is 52.5. The van der Waals surface area contributed by atoms with Gasteiger partial charge in [-0.1, -0.05) is 336 Å². The van der Waals surface area contributed by atoms with Crippen molar-refractivity contribution < 1.29 is 28.6 Å². The molecule has 0 aromatic rings. The van der Waals surface area contributed by atoms with Gasteiger partial charge in [0.2, 0.25) is 0 Å². The molecular weight excluding hydrogens is 889 g/mol. The van der Waals surface area contributed by atoms with Gasteiger partial charge in [0.15, 0.2) is 6.10 Å². The van der Waals surface area contributed by atoms with Crippen LogP contribution >= 0.6 is 0 Å². The summed E-state index contributed by atoms with van der Waals surface area (Å²) < 4.78 is 17.0. The first kappa shape index (κ1) is 70.4. The quantitative estimate of drug-likeness (QED) is 0.0343. The molecule has 0 saturated carbocycles. The third-order valence-electron chi connectivity index (χ3n) is 15.6. The minimum Gasteiger partial charge on any atom is -0.462 e. The van der Waals surface area contributed by atoms with E-state index in [-0.39, 0.29) is 31.1 Å². The van der Waals surface area contributed by atoms with Crippen LogP contribution < -0.4 is 0 Å². The van der Waals surface area contributed by atoms with Crippen LogP contribution in [0.15, 0.2) is 0 Å². The van der Waals surface area contributed by atoms with Gasteiger partial charge in [0.1, 0.15) is 13.2 Å². The third kappa shape index (κ3) is 57.7. The number of hydrogen-bond donors (Lipinski definition) is 0. The summed E-state index contributed by atoms with van der Waals surface area (Å²) in [5, 5.41) is 0. The van der Waals surface area contributed by atoms with Gasteiger partial charge < -0.3 is 14.2 Å². The molecule has 0 bridgehead atoms. The van der Waals surface area contributed by atoms with E-state index >= 15 is 0 Å². The first-order valence-corrected chi connectivity index (χ1v) is 32.8. The fourth-order valence-electron chi connectivity index (χ4n) is 10.3. The fourth-order valence-corrected chi connectivity index (χ4v) is 10.3. The Kier molecular flexibility index (Phi) is 57.4. The first-order valence-electron chi connectivity index (χ1n) is 32.8. The van der Waals surface area contributed by atoms with Gasteiger partial charge in [-0.2, -0.15) is 0 Å². The van der Waals surface area contributed by atoms with Gasteiger partial charge in [-0.3, -0.25) is 14.4 Å². The van der Waals surface area contributed by atoms with E-state index in [1.807, 2.05) is 0 Å². The van der Waals surface area contributed by atoms with E-state index in [4.69, 9.17) is 14.2 Å². The maximum Gasteiger partial charge on any atom is 0.306 e. The Bertz CT molecular complexity index is 1110. The summed E-state index contributed by atoms with van der Waals surface area (Å²) in [5.74, 6) is 0.924. The highest BCUT2D eigenvalue weighted by Crippen LogP contribution is 2.19. The Morgan fingerprint density at radius 2 is 0.528 bits per heavy atom. The van der Waals surface area contributed by atoms with Gasteiger partial charge in [-0.25, -0.2) is 0 Å². The van der Waals surface area contributed by atoms with Gasteiger partial charge in [-0.05, 0) is 31.1 Å². The first-order chi connectivity index (χ1) is 35.3. The molecule has 0 fully saturated rings. The van der Waals surface area contributed by atoms with Crippen LogP contribution in [-0.4, -0.2) is 37.2 Å². The summed E-state index contributed by atoms with van der Waals surface area (Å²) in [6.07, 6.45) is 65.3. The second kappa shape index (κ2) is 58.7. The molecule has 6 nitrogen and oxygen atoms in total. The molecular formula is C66H128O6. The molecule has 0 radical (unpaired) electrons. The average Bonchev–Trinajstić information content (AvgIpc) is 3.37. The van der Waals surface area contributed by atoms with Crippen LogP contribution in [0.5, 0.6) is 0 Å². The summed E-state index contributed by atoms with van der Waals surface area (Å²) in [5.41, 5.74) is 0. The highest BCUT2D eigenvalue weighted by molar-refractivity contribution is 5.71. The summed E-state index contributed by atoms with van der Waals surface area (Å²) >= 11 is 0. The van der Waals surface area contributed by atoms with Crippen molar-refractivity contribution in [3.8, 4) is 0 Å². The van der Waals surface area contributed by atoms with Crippen molar-refractivity contribution in [2.75, 3.05) is 13.2 Å². The van der Waals surface area contributed by atoms with Gasteiger partial charge in [-0.15, -0.1) is 0 Å². The summed E-state index contributed by atoms with van der Waals surface area (Å²) in [7, 11) is 0. The van der Waals surface area contributed by atoms with E-state index in [2.05, 4.69) is 34.6 Å². The van der Waals surface area contributed by atoms with Crippen molar-refractivity contribution in [3.05, 3.63) is 0 Å². The van der Waals surface area contributed by atoms with Crippen molar-refractivity contribution in [1.29, 1.82) is 0 Å². The molecule has 0 heterocycles. The van der Waals surface area contributed by atoms with Gasteiger partial charge >= 0.3 is 17.9 Å². The minimum absolute atomic E-state index is 0.0616. The number of hydrogen-bond acceptors (Lipinski definition) is 6. The summed E-state index contributed by atoms with van der Waals surface area (Å²) in [4.78, 5) is 38.3. The van der Waals surface area contributed by atoms with Crippen LogP contribution in [-0.2, 0) is 28.6 Å². The van der Waals surface area contributed by atoms with Crippen LogP contribution in [0.3, 0.4) is 0 Å². The zero-order valence-electron chi connectivity index (χ0n) is 49.6. The van der Waals surface area contributed by atoms with E-state index in [1.165, 1.54) is 263 Å². The van der Waals surface area contributed by atoms with E-state index in [9.17, 15) is 14.4 Å². The molecule has 6 heteroatoms.